The fourth-order valence-corrected chi connectivity index (χ4v) is 1.79. The molecule has 0 N–H and O–H groups in total. The summed E-state index contributed by atoms with van der Waals surface area (Å²) in [5.41, 5.74) is 1.24. The quantitative estimate of drug-likeness (QED) is 0.755. The lowest BCUT2D eigenvalue weighted by atomic mass is 10.0. The highest BCUT2D eigenvalue weighted by Gasteiger charge is 2.12. The SMILES string of the molecule is O=C(CBr)Cc1ccc(C(F)F)cc1CCl. The van der Waals surface area contributed by atoms with E-state index >= 15 is 0 Å². The fraction of sp³-hybridized carbons (Fsp3) is 0.364. The van der Waals surface area contributed by atoms with Crippen molar-refractivity contribution >= 4 is 33.3 Å². The van der Waals surface area contributed by atoms with E-state index in [1.54, 1.807) is 6.07 Å². The Kier molecular flexibility index (Phi) is 5.35. The molecule has 1 aromatic carbocycles. The summed E-state index contributed by atoms with van der Waals surface area (Å²) in [7, 11) is 0. The van der Waals surface area contributed by atoms with Gasteiger partial charge in [-0.2, -0.15) is 0 Å². The zero-order chi connectivity index (χ0) is 12.1. The van der Waals surface area contributed by atoms with Crippen LogP contribution in [-0.4, -0.2) is 11.1 Å². The molecule has 0 aromatic heterocycles. The first kappa shape index (κ1) is 13.6. The minimum absolute atomic E-state index is 0.00355. The third-order valence-electron chi connectivity index (χ3n) is 2.16. The Bertz CT molecular complexity index is 382. The second kappa shape index (κ2) is 6.30. The Morgan fingerprint density at radius 1 is 1.38 bits per heavy atom. The van der Waals surface area contributed by atoms with Crippen molar-refractivity contribution in [3.8, 4) is 0 Å². The van der Waals surface area contributed by atoms with E-state index < -0.39 is 6.43 Å². The summed E-state index contributed by atoms with van der Waals surface area (Å²) in [4.78, 5) is 11.2. The standard InChI is InChI=1S/C11H10BrClF2O/c12-5-10(16)4-7-1-2-8(11(14)15)3-9(7)6-13/h1-3,11H,4-6H2. The minimum atomic E-state index is -2.51. The van der Waals surface area contributed by atoms with Crippen LogP contribution in [0.25, 0.3) is 0 Å². The van der Waals surface area contributed by atoms with Gasteiger partial charge >= 0.3 is 0 Å². The predicted molar refractivity (Wildman–Crippen MR) is 63.5 cm³/mol. The molecule has 0 aliphatic heterocycles. The lowest BCUT2D eigenvalue weighted by molar-refractivity contribution is -0.115. The molecule has 0 saturated carbocycles. The van der Waals surface area contributed by atoms with Gasteiger partial charge in [0.15, 0.2) is 0 Å². The molecule has 0 saturated heterocycles. The Morgan fingerprint density at radius 2 is 2.06 bits per heavy atom. The average molecular weight is 312 g/mol. The van der Waals surface area contributed by atoms with Crippen LogP contribution >= 0.6 is 27.5 Å². The Balaban J connectivity index is 2.97. The van der Waals surface area contributed by atoms with Crippen LogP contribution in [0.5, 0.6) is 0 Å². The van der Waals surface area contributed by atoms with Crippen LogP contribution in [-0.2, 0) is 17.1 Å². The first-order valence-electron chi connectivity index (χ1n) is 4.62. The summed E-state index contributed by atoms with van der Waals surface area (Å²) in [5, 5.41) is 0.255. The van der Waals surface area contributed by atoms with E-state index in [-0.39, 0.29) is 29.0 Å². The number of Topliss-reactive ketones (excluding diaryl/α,β-unsaturated/α-hetero) is 1. The van der Waals surface area contributed by atoms with Crippen molar-refractivity contribution in [2.45, 2.75) is 18.7 Å². The van der Waals surface area contributed by atoms with E-state index in [1.807, 2.05) is 0 Å². The number of hydrogen-bond acceptors (Lipinski definition) is 1. The molecule has 1 nitrogen and oxygen atoms in total. The van der Waals surface area contributed by atoms with Crippen molar-refractivity contribution in [2.24, 2.45) is 0 Å². The second-order valence-electron chi connectivity index (χ2n) is 3.31. The Morgan fingerprint density at radius 3 is 2.56 bits per heavy atom. The molecular formula is C11H10BrClF2O. The molecule has 1 aromatic rings. The molecule has 0 spiro atoms. The minimum Gasteiger partial charge on any atom is -0.298 e. The van der Waals surface area contributed by atoms with Gasteiger partial charge in [0.2, 0.25) is 0 Å². The number of ketones is 1. The molecule has 88 valence electrons. The number of carbonyl (C=O) groups is 1. The number of hydrogen-bond donors (Lipinski definition) is 0. The summed E-state index contributed by atoms with van der Waals surface area (Å²) < 4.78 is 24.9. The maximum atomic E-state index is 12.4. The van der Waals surface area contributed by atoms with Gasteiger partial charge in [-0.25, -0.2) is 8.78 Å². The van der Waals surface area contributed by atoms with Gasteiger partial charge in [-0.05, 0) is 17.2 Å². The van der Waals surface area contributed by atoms with Crippen LogP contribution in [0.1, 0.15) is 23.1 Å². The van der Waals surface area contributed by atoms with E-state index in [0.717, 1.165) is 0 Å². The Labute approximate surface area is 106 Å². The lowest BCUT2D eigenvalue weighted by Crippen LogP contribution is -2.06. The van der Waals surface area contributed by atoms with Crippen molar-refractivity contribution in [1.82, 2.24) is 0 Å². The molecule has 0 fully saturated rings. The van der Waals surface area contributed by atoms with Crippen molar-refractivity contribution in [3.05, 3.63) is 34.9 Å². The molecule has 0 radical (unpaired) electrons. The largest absolute Gasteiger partial charge is 0.298 e. The van der Waals surface area contributed by atoms with Crippen LogP contribution in [0, 0.1) is 0 Å². The predicted octanol–water partition coefficient (Wildman–Crippen LogP) is 3.87. The summed E-state index contributed by atoms with van der Waals surface area (Å²) >= 11 is 8.72. The van der Waals surface area contributed by atoms with E-state index in [4.69, 9.17) is 11.6 Å². The molecule has 5 heteroatoms. The number of halogens is 4. The van der Waals surface area contributed by atoms with Crippen molar-refractivity contribution in [1.29, 1.82) is 0 Å². The number of carbonyl (C=O) groups excluding carboxylic acids is 1. The van der Waals surface area contributed by atoms with Crippen molar-refractivity contribution in [2.75, 3.05) is 5.33 Å². The van der Waals surface area contributed by atoms with Crippen molar-refractivity contribution < 1.29 is 13.6 Å². The molecule has 0 bridgehead atoms. The number of benzene rings is 1. The van der Waals surface area contributed by atoms with Crippen LogP contribution in [0.2, 0.25) is 0 Å². The first-order valence-corrected chi connectivity index (χ1v) is 6.27. The topological polar surface area (TPSA) is 17.1 Å². The van der Waals surface area contributed by atoms with Gasteiger partial charge in [-0.3, -0.25) is 4.79 Å². The van der Waals surface area contributed by atoms with Gasteiger partial charge < -0.3 is 0 Å². The highest BCUT2D eigenvalue weighted by atomic mass is 79.9. The summed E-state index contributed by atoms with van der Waals surface area (Å²) in [6.45, 7) is 0. The first-order chi connectivity index (χ1) is 7.58. The molecule has 0 aliphatic rings. The smallest absolute Gasteiger partial charge is 0.263 e. The highest BCUT2D eigenvalue weighted by molar-refractivity contribution is 9.09. The fourth-order valence-electron chi connectivity index (χ4n) is 1.34. The van der Waals surface area contributed by atoms with E-state index in [2.05, 4.69) is 15.9 Å². The van der Waals surface area contributed by atoms with E-state index in [1.165, 1.54) is 12.1 Å². The molecule has 0 heterocycles. The Hall–Kier alpha value is -0.480. The van der Waals surface area contributed by atoms with Crippen LogP contribution in [0.3, 0.4) is 0 Å². The average Bonchev–Trinajstić information content (AvgIpc) is 2.29. The van der Waals surface area contributed by atoms with Gasteiger partial charge in [0.1, 0.15) is 5.78 Å². The zero-order valence-electron chi connectivity index (χ0n) is 8.35. The zero-order valence-corrected chi connectivity index (χ0v) is 10.7. The number of alkyl halides is 4. The molecule has 0 atom stereocenters. The maximum absolute atomic E-state index is 12.4. The molecular weight excluding hydrogens is 301 g/mol. The number of rotatable bonds is 5. The third kappa shape index (κ3) is 3.52. The van der Waals surface area contributed by atoms with Crippen LogP contribution in [0.15, 0.2) is 18.2 Å². The van der Waals surface area contributed by atoms with E-state index in [0.29, 0.717) is 11.1 Å². The lowest BCUT2D eigenvalue weighted by Gasteiger charge is -2.08. The highest BCUT2D eigenvalue weighted by Crippen LogP contribution is 2.23. The van der Waals surface area contributed by atoms with Gasteiger partial charge in [0.05, 0.1) is 5.33 Å². The van der Waals surface area contributed by atoms with Crippen LogP contribution in [0.4, 0.5) is 8.78 Å². The molecule has 0 amide bonds. The van der Waals surface area contributed by atoms with Crippen molar-refractivity contribution in [3.63, 3.8) is 0 Å². The van der Waals surface area contributed by atoms with Gasteiger partial charge in [-0.1, -0.05) is 28.1 Å². The van der Waals surface area contributed by atoms with Gasteiger partial charge in [0, 0.05) is 17.9 Å². The van der Waals surface area contributed by atoms with Gasteiger partial charge in [0.25, 0.3) is 6.43 Å². The summed E-state index contributed by atoms with van der Waals surface area (Å²) in [5.74, 6) is 0.127. The van der Waals surface area contributed by atoms with Gasteiger partial charge in [-0.15, -0.1) is 11.6 Å². The summed E-state index contributed by atoms with van der Waals surface area (Å²) in [6, 6.07) is 4.23. The third-order valence-corrected chi connectivity index (χ3v) is 3.08. The second-order valence-corrected chi connectivity index (χ2v) is 4.14. The summed E-state index contributed by atoms with van der Waals surface area (Å²) in [6.07, 6.45) is -2.29. The normalized spacial score (nSPS) is 10.8. The van der Waals surface area contributed by atoms with E-state index in [9.17, 15) is 13.6 Å². The maximum Gasteiger partial charge on any atom is 0.263 e. The molecule has 1 rings (SSSR count). The monoisotopic (exact) mass is 310 g/mol. The molecule has 0 unspecified atom stereocenters. The molecule has 16 heavy (non-hydrogen) atoms. The molecule has 0 aliphatic carbocycles. The van der Waals surface area contributed by atoms with Crippen LogP contribution < -0.4 is 0 Å².